The van der Waals surface area contributed by atoms with Gasteiger partial charge >= 0.3 is 0 Å². The van der Waals surface area contributed by atoms with Gasteiger partial charge < -0.3 is 0 Å². The van der Waals surface area contributed by atoms with Gasteiger partial charge in [0, 0.05) is 6.04 Å². The molecule has 1 aromatic carbocycles. The van der Waals surface area contributed by atoms with Gasteiger partial charge in [-0.15, -0.1) is 0 Å². The van der Waals surface area contributed by atoms with Gasteiger partial charge in [-0.1, -0.05) is 17.7 Å². The highest BCUT2D eigenvalue weighted by atomic mass is 32.2. The van der Waals surface area contributed by atoms with E-state index in [9.17, 15) is 4.21 Å². The minimum atomic E-state index is -1.01. The van der Waals surface area contributed by atoms with Gasteiger partial charge in [0.1, 0.15) is 11.0 Å². The molecule has 13 heavy (non-hydrogen) atoms. The first-order valence-corrected chi connectivity index (χ1v) is 5.65. The Morgan fingerprint density at radius 2 is 1.92 bits per heavy atom. The summed E-state index contributed by atoms with van der Waals surface area (Å²) in [4.78, 5) is 0.873. The predicted molar refractivity (Wildman–Crippen MR) is 53.7 cm³/mol. The van der Waals surface area contributed by atoms with Gasteiger partial charge in [0.05, 0.1) is 4.90 Å². The first-order valence-electron chi connectivity index (χ1n) is 4.50. The molecule has 2 rings (SSSR count). The molecule has 0 heterocycles. The van der Waals surface area contributed by atoms with Crippen molar-refractivity contribution in [1.29, 1.82) is 0 Å². The molecule has 70 valence electrons. The first kappa shape index (κ1) is 8.91. The van der Waals surface area contributed by atoms with Crippen LogP contribution in [-0.4, -0.2) is 10.3 Å². The predicted octanol–water partition coefficient (Wildman–Crippen LogP) is 1.77. The summed E-state index contributed by atoms with van der Waals surface area (Å²) in [5, 5.41) is 0. The summed E-state index contributed by atoms with van der Waals surface area (Å²) in [6.45, 7) is 2.03. The zero-order valence-electron chi connectivity index (χ0n) is 7.62. The highest BCUT2D eigenvalue weighted by Crippen LogP contribution is 2.20. The van der Waals surface area contributed by atoms with E-state index in [-0.39, 0.29) is 0 Å². The first-order chi connectivity index (χ1) is 6.25. The highest BCUT2D eigenvalue weighted by molar-refractivity contribution is 7.83. The highest BCUT2D eigenvalue weighted by Gasteiger charge is 2.23. The molecule has 0 unspecified atom stereocenters. The Labute approximate surface area is 80.9 Å². The third-order valence-electron chi connectivity index (χ3n) is 2.09. The molecular weight excluding hydrogens is 182 g/mol. The van der Waals surface area contributed by atoms with Crippen molar-refractivity contribution in [2.75, 3.05) is 0 Å². The summed E-state index contributed by atoms with van der Waals surface area (Å²) >= 11 is 0. The lowest BCUT2D eigenvalue weighted by Crippen LogP contribution is -2.19. The van der Waals surface area contributed by atoms with Crippen LogP contribution in [0.1, 0.15) is 18.4 Å². The molecule has 1 aliphatic rings. The smallest absolute Gasteiger partial charge is 0.125 e. The standard InChI is InChI=1S/C10H13NOS/c1-8-2-6-10(7-3-8)13(12)11-9-4-5-9/h2-3,6-7,9,11H,4-5H2,1H3/t13-/m0/s1. The average Bonchev–Trinajstić information content (AvgIpc) is 2.89. The molecule has 1 aliphatic carbocycles. The van der Waals surface area contributed by atoms with E-state index in [1.165, 1.54) is 5.56 Å². The second-order valence-corrected chi connectivity index (χ2v) is 4.72. The zero-order chi connectivity index (χ0) is 9.26. The summed E-state index contributed by atoms with van der Waals surface area (Å²) in [5.74, 6) is 0. The van der Waals surface area contributed by atoms with Crippen molar-refractivity contribution in [3.63, 3.8) is 0 Å². The van der Waals surface area contributed by atoms with Crippen LogP contribution in [-0.2, 0) is 11.0 Å². The lowest BCUT2D eigenvalue weighted by atomic mass is 10.2. The third-order valence-corrected chi connectivity index (χ3v) is 3.33. The number of aryl methyl sites for hydroxylation is 1. The Balaban J connectivity index is 2.05. The molecule has 1 fully saturated rings. The van der Waals surface area contributed by atoms with E-state index in [2.05, 4.69) is 4.72 Å². The fraction of sp³-hybridized carbons (Fsp3) is 0.400. The monoisotopic (exact) mass is 195 g/mol. The molecule has 0 radical (unpaired) electrons. The van der Waals surface area contributed by atoms with E-state index >= 15 is 0 Å². The van der Waals surface area contributed by atoms with Crippen LogP contribution in [0.4, 0.5) is 0 Å². The van der Waals surface area contributed by atoms with Crippen LogP contribution in [0.15, 0.2) is 29.2 Å². The molecule has 1 saturated carbocycles. The van der Waals surface area contributed by atoms with Crippen molar-refractivity contribution in [1.82, 2.24) is 4.72 Å². The number of hydrogen-bond donors (Lipinski definition) is 1. The SMILES string of the molecule is Cc1ccc([S@](=O)NC2CC2)cc1. The van der Waals surface area contributed by atoms with E-state index in [0.717, 1.165) is 17.7 Å². The Bertz CT molecular complexity index is 316. The van der Waals surface area contributed by atoms with E-state index in [0.29, 0.717) is 6.04 Å². The molecule has 0 saturated heterocycles. The molecule has 0 bridgehead atoms. The van der Waals surface area contributed by atoms with Gasteiger partial charge in [-0.3, -0.25) is 0 Å². The number of benzene rings is 1. The van der Waals surface area contributed by atoms with Crippen LogP contribution >= 0.6 is 0 Å². The van der Waals surface area contributed by atoms with Gasteiger partial charge in [0.25, 0.3) is 0 Å². The van der Waals surface area contributed by atoms with Crippen molar-refractivity contribution < 1.29 is 4.21 Å². The van der Waals surface area contributed by atoms with E-state index in [1.54, 1.807) is 0 Å². The van der Waals surface area contributed by atoms with Crippen molar-refractivity contribution in [3.8, 4) is 0 Å². The van der Waals surface area contributed by atoms with Gasteiger partial charge in [-0.2, -0.15) is 0 Å². The van der Waals surface area contributed by atoms with Crippen molar-refractivity contribution >= 4 is 11.0 Å². The zero-order valence-corrected chi connectivity index (χ0v) is 8.43. The molecule has 1 atom stereocenters. The maximum absolute atomic E-state index is 11.6. The molecule has 1 N–H and O–H groups in total. The summed E-state index contributed by atoms with van der Waals surface area (Å²) < 4.78 is 14.7. The number of nitrogens with one attached hydrogen (secondary N) is 1. The quantitative estimate of drug-likeness (QED) is 0.782. The van der Waals surface area contributed by atoms with Crippen molar-refractivity contribution in [2.45, 2.75) is 30.7 Å². The summed E-state index contributed by atoms with van der Waals surface area (Å²) in [6.07, 6.45) is 2.33. The fourth-order valence-corrected chi connectivity index (χ4v) is 2.14. The lowest BCUT2D eigenvalue weighted by molar-refractivity contribution is 0.671. The van der Waals surface area contributed by atoms with Gasteiger partial charge in [-0.05, 0) is 31.9 Å². The lowest BCUT2D eigenvalue weighted by Gasteiger charge is -2.02. The molecule has 2 nitrogen and oxygen atoms in total. The summed E-state index contributed by atoms with van der Waals surface area (Å²) in [7, 11) is -1.01. The largest absolute Gasteiger partial charge is 0.237 e. The molecule has 0 aliphatic heterocycles. The second-order valence-electron chi connectivity index (χ2n) is 3.47. The third kappa shape index (κ3) is 2.39. The van der Waals surface area contributed by atoms with Gasteiger partial charge in [0.2, 0.25) is 0 Å². The molecule has 0 aromatic heterocycles. The number of hydrogen-bond acceptors (Lipinski definition) is 1. The van der Waals surface area contributed by atoms with Gasteiger partial charge in [-0.25, -0.2) is 8.93 Å². The van der Waals surface area contributed by atoms with Crippen LogP contribution in [0.3, 0.4) is 0 Å². The van der Waals surface area contributed by atoms with Crippen LogP contribution in [0, 0.1) is 6.92 Å². The topological polar surface area (TPSA) is 29.1 Å². The Hall–Kier alpha value is -0.670. The normalized spacial score (nSPS) is 18.5. The molecule has 1 aromatic rings. The Kier molecular flexibility index (Phi) is 2.47. The molecule has 0 amide bonds. The Morgan fingerprint density at radius 1 is 1.31 bits per heavy atom. The maximum atomic E-state index is 11.6. The molecule has 3 heteroatoms. The van der Waals surface area contributed by atoms with E-state index in [1.807, 2.05) is 31.2 Å². The van der Waals surface area contributed by atoms with E-state index < -0.39 is 11.0 Å². The van der Waals surface area contributed by atoms with Crippen molar-refractivity contribution in [3.05, 3.63) is 29.8 Å². The average molecular weight is 195 g/mol. The van der Waals surface area contributed by atoms with E-state index in [4.69, 9.17) is 0 Å². The van der Waals surface area contributed by atoms with Crippen LogP contribution in [0.5, 0.6) is 0 Å². The van der Waals surface area contributed by atoms with Gasteiger partial charge in [0.15, 0.2) is 0 Å². The summed E-state index contributed by atoms with van der Waals surface area (Å²) in [5.41, 5.74) is 1.20. The number of rotatable bonds is 3. The van der Waals surface area contributed by atoms with Crippen molar-refractivity contribution in [2.24, 2.45) is 0 Å². The minimum absolute atomic E-state index is 0.488. The summed E-state index contributed by atoms with van der Waals surface area (Å²) in [6, 6.07) is 8.30. The minimum Gasteiger partial charge on any atom is -0.237 e. The maximum Gasteiger partial charge on any atom is 0.125 e. The second kappa shape index (κ2) is 3.60. The Morgan fingerprint density at radius 3 is 2.46 bits per heavy atom. The molecule has 0 spiro atoms. The van der Waals surface area contributed by atoms with Crippen LogP contribution < -0.4 is 4.72 Å². The van der Waals surface area contributed by atoms with Crippen LogP contribution in [0.2, 0.25) is 0 Å². The van der Waals surface area contributed by atoms with Crippen LogP contribution in [0.25, 0.3) is 0 Å². The molecular formula is C10H13NOS. The fourth-order valence-electron chi connectivity index (χ4n) is 1.08.